The second-order valence-corrected chi connectivity index (χ2v) is 11.0. The first-order chi connectivity index (χ1) is 13.3. The molecule has 2 aliphatic heterocycles. The summed E-state index contributed by atoms with van der Waals surface area (Å²) in [6.45, 7) is 3.32. The van der Waals surface area contributed by atoms with Crippen LogP contribution in [0.3, 0.4) is 0 Å². The number of benzene rings is 2. The molecule has 0 atom stereocenters. The van der Waals surface area contributed by atoms with E-state index in [1.54, 1.807) is 31.2 Å². The molecule has 0 spiro atoms. The zero-order chi connectivity index (χ0) is 19.9. The summed E-state index contributed by atoms with van der Waals surface area (Å²) < 4.78 is 59.9. The minimum Gasteiger partial charge on any atom is -0.381 e. The fourth-order valence-electron chi connectivity index (χ4n) is 3.90. The molecule has 1 N–H and O–H groups in total. The molecule has 2 aromatic rings. The normalized spacial score (nSPS) is 19.0. The summed E-state index contributed by atoms with van der Waals surface area (Å²) in [4.78, 5) is 0.370. The Morgan fingerprint density at radius 2 is 1.79 bits per heavy atom. The topological polar surface area (TPSA) is 89.5 Å². The maximum absolute atomic E-state index is 13.1. The van der Waals surface area contributed by atoms with Gasteiger partial charge in [0.15, 0.2) is 0 Å². The summed E-state index contributed by atoms with van der Waals surface area (Å²) in [6, 6.07) is 9.87. The molecule has 6 nitrogen and oxygen atoms in total. The van der Waals surface area contributed by atoms with Gasteiger partial charge < -0.3 is 4.74 Å². The van der Waals surface area contributed by atoms with Gasteiger partial charge in [0.1, 0.15) is 0 Å². The number of hydrogen-bond acceptors (Lipinski definition) is 5. The van der Waals surface area contributed by atoms with Gasteiger partial charge in [-0.15, -0.1) is 0 Å². The van der Waals surface area contributed by atoms with Crippen LogP contribution < -0.4 is 4.72 Å². The third-order valence-corrected chi connectivity index (χ3v) is 8.98. The van der Waals surface area contributed by atoms with Crippen LogP contribution in [0, 0.1) is 12.8 Å². The zero-order valence-corrected chi connectivity index (χ0v) is 17.3. The van der Waals surface area contributed by atoms with E-state index in [-0.39, 0.29) is 20.6 Å². The summed E-state index contributed by atoms with van der Waals surface area (Å²) in [5.41, 5.74) is 1.93. The van der Waals surface area contributed by atoms with E-state index in [9.17, 15) is 16.8 Å². The lowest BCUT2D eigenvalue weighted by atomic mass is 10.0. The van der Waals surface area contributed by atoms with Crippen molar-refractivity contribution in [2.75, 3.05) is 19.8 Å². The third kappa shape index (κ3) is 3.50. The van der Waals surface area contributed by atoms with Gasteiger partial charge in [-0.25, -0.2) is 21.6 Å². The number of sulfonamides is 1. The highest BCUT2D eigenvalue weighted by Gasteiger charge is 2.32. The van der Waals surface area contributed by atoms with Gasteiger partial charge in [-0.05, 0) is 54.5 Å². The van der Waals surface area contributed by atoms with E-state index in [4.69, 9.17) is 4.74 Å². The molecule has 1 fully saturated rings. The van der Waals surface area contributed by atoms with Gasteiger partial charge in [-0.2, -0.15) is 0 Å². The van der Waals surface area contributed by atoms with E-state index in [0.717, 1.165) is 18.4 Å². The standard InChI is InChI=1S/C20H23NO5S2/c1-14-10-17-11-16-4-2-3-5-18(16)27(22,23)20(17)12-19(14)28(24,25)21-13-15-6-8-26-9-7-15/h2-5,10,12,15,21H,6-9,11,13H2,1H3. The van der Waals surface area contributed by atoms with Crippen LogP contribution in [0.15, 0.2) is 51.1 Å². The van der Waals surface area contributed by atoms with Gasteiger partial charge in [0.2, 0.25) is 19.9 Å². The van der Waals surface area contributed by atoms with E-state index < -0.39 is 19.9 Å². The highest BCUT2D eigenvalue weighted by atomic mass is 32.2. The van der Waals surface area contributed by atoms with Crippen LogP contribution in [-0.4, -0.2) is 36.6 Å². The number of aryl methyl sites for hydroxylation is 1. The van der Waals surface area contributed by atoms with E-state index in [2.05, 4.69) is 4.72 Å². The van der Waals surface area contributed by atoms with Gasteiger partial charge in [0.05, 0.1) is 14.7 Å². The molecule has 2 heterocycles. The van der Waals surface area contributed by atoms with Gasteiger partial charge in [-0.3, -0.25) is 0 Å². The van der Waals surface area contributed by atoms with Gasteiger partial charge >= 0.3 is 0 Å². The number of fused-ring (bicyclic) bond motifs is 2. The number of nitrogens with one attached hydrogen (secondary N) is 1. The Bertz CT molecular complexity index is 1120. The molecule has 0 unspecified atom stereocenters. The molecular weight excluding hydrogens is 398 g/mol. The SMILES string of the molecule is Cc1cc2c(cc1S(=O)(=O)NCC1CCOCC1)S(=O)(=O)c1ccccc1C2. The summed E-state index contributed by atoms with van der Waals surface area (Å²) in [5.74, 6) is 0.233. The lowest BCUT2D eigenvalue weighted by molar-refractivity contribution is 0.0678. The van der Waals surface area contributed by atoms with Crippen molar-refractivity contribution < 1.29 is 21.6 Å². The Balaban J connectivity index is 1.69. The fraction of sp³-hybridized carbons (Fsp3) is 0.400. The summed E-state index contributed by atoms with van der Waals surface area (Å²) in [7, 11) is -7.55. The molecule has 0 radical (unpaired) electrons. The van der Waals surface area contributed by atoms with Crippen LogP contribution in [0.5, 0.6) is 0 Å². The predicted molar refractivity (Wildman–Crippen MR) is 105 cm³/mol. The van der Waals surface area contributed by atoms with Crippen molar-refractivity contribution in [3.8, 4) is 0 Å². The third-order valence-electron chi connectivity index (χ3n) is 5.48. The predicted octanol–water partition coefficient (Wildman–Crippen LogP) is 2.44. The first-order valence-electron chi connectivity index (χ1n) is 9.33. The van der Waals surface area contributed by atoms with E-state index in [0.29, 0.717) is 37.3 Å². The molecule has 0 amide bonds. The van der Waals surface area contributed by atoms with Crippen molar-refractivity contribution in [1.29, 1.82) is 0 Å². The molecule has 0 aromatic heterocycles. The van der Waals surface area contributed by atoms with Crippen LogP contribution in [0.25, 0.3) is 0 Å². The Labute approximate surface area is 165 Å². The monoisotopic (exact) mass is 421 g/mol. The van der Waals surface area contributed by atoms with Crippen LogP contribution in [-0.2, 0) is 31.0 Å². The Kier molecular flexibility index (Phi) is 5.07. The van der Waals surface area contributed by atoms with Crippen molar-refractivity contribution in [2.45, 2.75) is 40.9 Å². The first-order valence-corrected chi connectivity index (χ1v) is 12.3. The van der Waals surface area contributed by atoms with Gasteiger partial charge in [0, 0.05) is 26.2 Å². The smallest absolute Gasteiger partial charge is 0.240 e. The maximum Gasteiger partial charge on any atom is 0.240 e. The molecule has 8 heteroatoms. The second kappa shape index (κ2) is 7.26. The molecular formula is C20H23NO5S2. The molecule has 0 bridgehead atoms. The lowest BCUT2D eigenvalue weighted by Crippen LogP contribution is -2.32. The van der Waals surface area contributed by atoms with Crippen LogP contribution in [0.4, 0.5) is 0 Å². The summed E-state index contributed by atoms with van der Waals surface area (Å²) >= 11 is 0. The molecule has 150 valence electrons. The Morgan fingerprint density at radius 1 is 1.07 bits per heavy atom. The van der Waals surface area contributed by atoms with Crippen molar-refractivity contribution >= 4 is 19.9 Å². The van der Waals surface area contributed by atoms with E-state index >= 15 is 0 Å². The Hall–Kier alpha value is -1.74. The van der Waals surface area contributed by atoms with E-state index in [1.165, 1.54) is 6.07 Å². The quantitative estimate of drug-likeness (QED) is 0.699. The molecule has 28 heavy (non-hydrogen) atoms. The van der Waals surface area contributed by atoms with Crippen LogP contribution >= 0.6 is 0 Å². The lowest BCUT2D eigenvalue weighted by Gasteiger charge is -2.23. The van der Waals surface area contributed by atoms with Gasteiger partial charge in [0.25, 0.3) is 0 Å². The largest absolute Gasteiger partial charge is 0.381 e. The number of sulfone groups is 1. The van der Waals surface area contributed by atoms with Crippen molar-refractivity contribution in [2.24, 2.45) is 5.92 Å². The van der Waals surface area contributed by atoms with Crippen LogP contribution in [0.2, 0.25) is 0 Å². The number of ether oxygens (including phenoxy) is 1. The minimum atomic E-state index is -3.81. The minimum absolute atomic E-state index is 0.0289. The second-order valence-electron chi connectivity index (χ2n) is 7.42. The number of hydrogen-bond donors (Lipinski definition) is 1. The molecule has 0 saturated carbocycles. The maximum atomic E-state index is 13.1. The van der Waals surface area contributed by atoms with Crippen molar-refractivity contribution in [3.63, 3.8) is 0 Å². The molecule has 4 rings (SSSR count). The number of rotatable bonds is 4. The molecule has 1 saturated heterocycles. The molecule has 2 aliphatic rings. The summed E-state index contributed by atoms with van der Waals surface area (Å²) in [6.07, 6.45) is 2.11. The van der Waals surface area contributed by atoms with E-state index in [1.807, 2.05) is 6.07 Å². The molecule has 2 aromatic carbocycles. The van der Waals surface area contributed by atoms with Crippen molar-refractivity contribution in [3.05, 3.63) is 53.1 Å². The Morgan fingerprint density at radius 3 is 2.54 bits per heavy atom. The highest BCUT2D eigenvalue weighted by molar-refractivity contribution is 7.92. The summed E-state index contributed by atoms with van der Waals surface area (Å²) in [5, 5.41) is 0. The van der Waals surface area contributed by atoms with Crippen LogP contribution in [0.1, 0.15) is 29.5 Å². The van der Waals surface area contributed by atoms with Gasteiger partial charge in [-0.1, -0.05) is 24.3 Å². The molecule has 0 aliphatic carbocycles. The average molecular weight is 422 g/mol. The van der Waals surface area contributed by atoms with Crippen molar-refractivity contribution in [1.82, 2.24) is 4.72 Å². The fourth-order valence-corrected chi connectivity index (χ4v) is 7.07. The zero-order valence-electron chi connectivity index (χ0n) is 15.6. The average Bonchev–Trinajstić information content (AvgIpc) is 2.67. The highest BCUT2D eigenvalue weighted by Crippen LogP contribution is 2.36. The first kappa shape index (κ1) is 19.6.